The normalized spacial score (nSPS) is 11.7. The predicted octanol–water partition coefficient (Wildman–Crippen LogP) is 15.2. The molecule has 0 unspecified atom stereocenters. The van der Waals surface area contributed by atoms with Gasteiger partial charge in [0.15, 0.2) is 0 Å². The Kier molecular flexibility index (Phi) is 7.64. The van der Waals surface area contributed by atoms with Gasteiger partial charge in [-0.25, -0.2) is 0 Å². The molecule has 0 fully saturated rings. The quantitative estimate of drug-likeness (QED) is 0.124. The molecule has 0 aliphatic rings. The number of fused-ring (bicyclic) bond motifs is 7. The van der Waals surface area contributed by atoms with Gasteiger partial charge in [-0.05, 0) is 83.4 Å². The van der Waals surface area contributed by atoms with Gasteiger partial charge in [-0.2, -0.15) is 0 Å². The van der Waals surface area contributed by atoms with Gasteiger partial charge in [0.2, 0.25) is 0 Å². The number of hydrogen-bond acceptors (Lipinski definition) is 1. The summed E-state index contributed by atoms with van der Waals surface area (Å²) in [6.45, 7) is 0. The lowest BCUT2D eigenvalue weighted by atomic mass is 9.83. The van der Waals surface area contributed by atoms with E-state index < -0.39 is 0 Å². The molecule has 1 aromatic heterocycles. The van der Waals surface area contributed by atoms with E-state index >= 15 is 0 Å². The van der Waals surface area contributed by atoms with Crippen LogP contribution < -0.4 is 0 Å². The molecule has 10 aromatic carbocycles. The second-order valence-electron chi connectivity index (χ2n) is 14.8. The van der Waals surface area contributed by atoms with Crippen LogP contribution in [0.2, 0.25) is 0 Å². The van der Waals surface area contributed by atoms with Crippen molar-refractivity contribution < 1.29 is 4.42 Å². The van der Waals surface area contributed by atoms with Gasteiger partial charge in [-0.1, -0.05) is 200 Å². The van der Waals surface area contributed by atoms with Gasteiger partial charge < -0.3 is 4.42 Å². The first-order valence-corrected chi connectivity index (χ1v) is 19.4. The second-order valence-corrected chi connectivity index (χ2v) is 14.8. The van der Waals surface area contributed by atoms with Crippen LogP contribution in [0.1, 0.15) is 22.6 Å². The molecule has 0 saturated heterocycles. The maximum atomic E-state index is 7.35. The average Bonchev–Trinajstić information content (AvgIpc) is 3.65. The van der Waals surface area contributed by atoms with Gasteiger partial charge in [-0.15, -0.1) is 0 Å². The molecule has 0 amide bonds. The molecule has 1 heteroatoms. The first kappa shape index (κ1) is 32.2. The summed E-state index contributed by atoms with van der Waals surface area (Å²) in [5.41, 5.74) is 12.6. The molecule has 0 bridgehead atoms. The van der Waals surface area contributed by atoms with E-state index in [9.17, 15) is 0 Å². The van der Waals surface area contributed by atoms with Crippen LogP contribution in [0.3, 0.4) is 0 Å². The molecule has 0 aliphatic carbocycles. The minimum absolute atomic E-state index is 0.0618. The molecule has 262 valence electrons. The molecule has 0 aliphatic heterocycles. The van der Waals surface area contributed by atoms with Crippen molar-refractivity contribution in [2.24, 2.45) is 0 Å². The highest BCUT2D eigenvalue weighted by Gasteiger charge is 2.25. The monoisotopic (exact) mass is 712 g/mol. The Morgan fingerprint density at radius 2 is 0.786 bits per heavy atom. The lowest BCUT2D eigenvalue weighted by molar-refractivity contribution is 0.662. The van der Waals surface area contributed by atoms with Crippen LogP contribution >= 0.6 is 0 Å². The zero-order valence-electron chi connectivity index (χ0n) is 30.7. The third-order valence-electron chi connectivity index (χ3n) is 11.6. The molecular formula is C55H36O. The fourth-order valence-electron chi connectivity index (χ4n) is 8.92. The molecule has 11 rings (SSSR count). The van der Waals surface area contributed by atoms with Crippen LogP contribution in [0.15, 0.2) is 217 Å². The molecule has 0 radical (unpaired) electrons. The Labute approximate surface area is 325 Å². The highest BCUT2D eigenvalue weighted by Crippen LogP contribution is 2.47. The summed E-state index contributed by atoms with van der Waals surface area (Å²) in [6, 6.07) is 77.0. The van der Waals surface area contributed by atoms with Crippen molar-refractivity contribution in [1.82, 2.24) is 0 Å². The van der Waals surface area contributed by atoms with Crippen molar-refractivity contribution in [2.75, 3.05) is 0 Å². The molecule has 0 spiro atoms. The minimum Gasteiger partial charge on any atom is -0.455 e. The summed E-state index contributed by atoms with van der Waals surface area (Å²) in [5.74, 6) is -0.0618. The van der Waals surface area contributed by atoms with Crippen molar-refractivity contribution in [3.05, 3.63) is 229 Å². The largest absolute Gasteiger partial charge is 0.455 e. The Balaban J connectivity index is 1.17. The minimum atomic E-state index is -0.0618. The molecule has 1 nitrogen and oxygen atoms in total. The first-order valence-electron chi connectivity index (χ1n) is 19.4. The summed E-state index contributed by atoms with van der Waals surface area (Å²) < 4.78 is 7.35. The smallest absolute Gasteiger partial charge is 0.143 e. The number of benzene rings is 10. The molecule has 1 heterocycles. The maximum Gasteiger partial charge on any atom is 0.143 e. The number of furan rings is 1. The lowest BCUT2D eigenvalue weighted by Crippen LogP contribution is -2.04. The molecule has 56 heavy (non-hydrogen) atoms. The van der Waals surface area contributed by atoms with E-state index in [-0.39, 0.29) is 5.92 Å². The van der Waals surface area contributed by atoms with Gasteiger partial charge in [0.05, 0.1) is 0 Å². The Bertz CT molecular complexity index is 3130. The van der Waals surface area contributed by atoms with E-state index in [0.717, 1.165) is 33.1 Å². The first-order chi connectivity index (χ1) is 27.8. The summed E-state index contributed by atoms with van der Waals surface area (Å²) >= 11 is 0. The molecule has 0 saturated carbocycles. The Hall–Kier alpha value is -7.22. The lowest BCUT2D eigenvalue weighted by Gasteiger charge is -2.20. The number of para-hydroxylation sites is 1. The van der Waals surface area contributed by atoms with Crippen LogP contribution in [0.25, 0.3) is 87.6 Å². The Morgan fingerprint density at radius 3 is 1.41 bits per heavy atom. The van der Waals surface area contributed by atoms with E-state index in [2.05, 4.69) is 212 Å². The van der Waals surface area contributed by atoms with Gasteiger partial charge in [0, 0.05) is 27.8 Å². The average molecular weight is 713 g/mol. The summed E-state index contributed by atoms with van der Waals surface area (Å²) in [5, 5.41) is 9.59. The fraction of sp³-hybridized carbons (Fsp3) is 0.0182. The van der Waals surface area contributed by atoms with Crippen molar-refractivity contribution in [1.29, 1.82) is 0 Å². The SMILES string of the molecule is c1ccc(-c2ccc(C(c3ccc(-c4ccccc4)cc3)c3cccc4c3oc3c(-c5cc6ccccc6c6ccccc56)c5ccccc5cc34)cc2)cc1. The molecule has 0 N–H and O–H groups in total. The molecule has 11 aromatic rings. The van der Waals surface area contributed by atoms with Crippen LogP contribution in [0, 0.1) is 0 Å². The van der Waals surface area contributed by atoms with Crippen molar-refractivity contribution in [2.45, 2.75) is 5.92 Å². The van der Waals surface area contributed by atoms with Gasteiger partial charge in [0.25, 0.3) is 0 Å². The zero-order chi connectivity index (χ0) is 37.0. The van der Waals surface area contributed by atoms with Crippen molar-refractivity contribution in [3.63, 3.8) is 0 Å². The van der Waals surface area contributed by atoms with Crippen molar-refractivity contribution in [3.8, 4) is 33.4 Å². The summed E-state index contributed by atoms with van der Waals surface area (Å²) in [6.07, 6.45) is 0. The van der Waals surface area contributed by atoms with E-state index in [1.165, 1.54) is 71.3 Å². The molecular weight excluding hydrogens is 677 g/mol. The molecule has 0 atom stereocenters. The van der Waals surface area contributed by atoms with Gasteiger partial charge in [0.1, 0.15) is 11.2 Å². The number of rotatable bonds is 6. The third kappa shape index (κ3) is 5.32. The topological polar surface area (TPSA) is 13.1 Å². The van der Waals surface area contributed by atoms with Crippen LogP contribution in [0.4, 0.5) is 0 Å². The Morgan fingerprint density at radius 1 is 0.304 bits per heavy atom. The van der Waals surface area contributed by atoms with Crippen molar-refractivity contribution >= 4 is 54.3 Å². The summed E-state index contributed by atoms with van der Waals surface area (Å²) in [7, 11) is 0. The third-order valence-corrected chi connectivity index (χ3v) is 11.6. The number of hydrogen-bond donors (Lipinski definition) is 0. The van der Waals surface area contributed by atoms with E-state index in [1.807, 2.05) is 0 Å². The zero-order valence-corrected chi connectivity index (χ0v) is 30.7. The van der Waals surface area contributed by atoms with Crippen LogP contribution in [-0.4, -0.2) is 0 Å². The van der Waals surface area contributed by atoms with Crippen LogP contribution in [-0.2, 0) is 0 Å². The van der Waals surface area contributed by atoms with E-state index in [1.54, 1.807) is 0 Å². The second kappa shape index (κ2) is 13.3. The predicted molar refractivity (Wildman–Crippen MR) is 236 cm³/mol. The highest BCUT2D eigenvalue weighted by molar-refractivity contribution is 6.23. The van der Waals surface area contributed by atoms with Gasteiger partial charge in [-0.3, -0.25) is 0 Å². The van der Waals surface area contributed by atoms with Crippen LogP contribution in [0.5, 0.6) is 0 Å². The van der Waals surface area contributed by atoms with E-state index in [0.29, 0.717) is 0 Å². The van der Waals surface area contributed by atoms with E-state index in [4.69, 9.17) is 4.42 Å². The highest BCUT2D eigenvalue weighted by atomic mass is 16.3. The standard InChI is InChI=1S/C55H36O/c1-3-14-36(15-4-1)38-26-30-40(31-27-38)52(41-32-28-39(29-33-41)37-16-5-2-6-17-37)49-25-13-24-48-51-35-43-19-8-10-21-45(43)53(55(51)56-54(48)49)50-34-42-18-7-9-20-44(42)46-22-11-12-23-47(46)50/h1-35,52H. The van der Waals surface area contributed by atoms with Gasteiger partial charge >= 0.3 is 0 Å². The maximum absolute atomic E-state index is 7.35. The summed E-state index contributed by atoms with van der Waals surface area (Å²) in [4.78, 5) is 0. The fourth-order valence-corrected chi connectivity index (χ4v) is 8.92.